The molecule has 0 fully saturated rings. The molecule has 2 aliphatic heterocycles. The summed E-state index contributed by atoms with van der Waals surface area (Å²) in [5.41, 5.74) is 1.57. The van der Waals surface area contributed by atoms with Crippen LogP contribution in [0.4, 0.5) is 11.4 Å². The van der Waals surface area contributed by atoms with Crippen molar-refractivity contribution in [2.45, 2.75) is 18.2 Å². The fourth-order valence-electron chi connectivity index (χ4n) is 2.24. The summed E-state index contributed by atoms with van der Waals surface area (Å²) >= 11 is 10.3. The van der Waals surface area contributed by atoms with Crippen LogP contribution in [0.3, 0.4) is 0 Å². The van der Waals surface area contributed by atoms with E-state index < -0.39 is 20.3 Å². The van der Waals surface area contributed by atoms with E-state index in [0.717, 1.165) is 44.7 Å². The van der Waals surface area contributed by atoms with E-state index in [9.17, 15) is 19.8 Å². The molecule has 2 aliphatic rings. The largest absolute Gasteiger partial charge is 2.00 e. The Morgan fingerprint density at radius 2 is 1.11 bits per heavy atom. The van der Waals surface area contributed by atoms with Gasteiger partial charge in [0, 0.05) is 21.2 Å². The molecule has 0 aromatic heterocycles. The minimum Gasteiger partial charge on any atom is -0.546 e. The van der Waals surface area contributed by atoms with Gasteiger partial charge in [-0.15, -0.1) is 25.3 Å². The van der Waals surface area contributed by atoms with Gasteiger partial charge in [0.1, 0.15) is 0 Å². The molecule has 0 radical (unpaired) electrons. The number of hydrogen-bond donors (Lipinski definition) is 4. The van der Waals surface area contributed by atoms with Crippen LogP contribution >= 0.6 is 48.8 Å². The minimum absolute atomic E-state index is 0. The Kier molecular flexibility index (Phi) is 7.08. The van der Waals surface area contributed by atoms with Crippen molar-refractivity contribution < 1.29 is 39.3 Å². The van der Waals surface area contributed by atoms with Crippen LogP contribution in [-0.2, 0) is 29.1 Å². The van der Waals surface area contributed by atoms with E-state index >= 15 is 0 Å². The molecule has 2 atom stereocenters. The molecular weight excluding hydrogens is 478 g/mol. The van der Waals surface area contributed by atoms with Crippen molar-refractivity contribution >= 4 is 72.1 Å². The smallest absolute Gasteiger partial charge is 0.546 e. The minimum atomic E-state index is -1.33. The third-order valence-electron chi connectivity index (χ3n) is 3.45. The Hall–Kier alpha value is -0.997. The number of carboxylic acids is 2. The molecule has 0 saturated heterocycles. The maximum atomic E-state index is 10.7. The van der Waals surface area contributed by atoms with Gasteiger partial charge in [-0.25, -0.2) is 0 Å². The maximum absolute atomic E-state index is 10.7. The number of carbonyl (C=O) groups is 2. The first-order valence-electron chi connectivity index (χ1n) is 7.23. The molecule has 0 amide bonds. The summed E-state index contributed by atoms with van der Waals surface area (Å²) < 4.78 is -2.66. The molecule has 0 bridgehead atoms. The predicted octanol–water partition coefficient (Wildman–Crippen LogP) is 1.07. The zero-order valence-corrected chi connectivity index (χ0v) is 20.1. The van der Waals surface area contributed by atoms with Crippen molar-refractivity contribution in [2.24, 2.45) is 0 Å². The quantitative estimate of drug-likeness (QED) is 0.367. The summed E-state index contributed by atoms with van der Waals surface area (Å²) in [5.74, 6) is -2.45. The number of thiol groups is 2. The second-order valence-corrected chi connectivity index (χ2v) is 9.77. The molecule has 0 spiro atoms. The molecule has 2 aromatic carbocycles. The van der Waals surface area contributed by atoms with Crippen LogP contribution in [0.15, 0.2) is 58.3 Å². The summed E-state index contributed by atoms with van der Waals surface area (Å²) in [6.07, 6.45) is 0. The first-order chi connectivity index (χ1) is 12.2. The van der Waals surface area contributed by atoms with Crippen LogP contribution in [0.25, 0.3) is 0 Å². The molecule has 2 unspecified atom stereocenters. The molecule has 6 nitrogen and oxygen atoms in total. The molecule has 2 heterocycles. The van der Waals surface area contributed by atoms with Crippen LogP contribution in [0.1, 0.15) is 0 Å². The number of anilines is 2. The van der Waals surface area contributed by atoms with Gasteiger partial charge in [-0.05, 0) is 24.3 Å². The standard InChI is InChI=1S/2C8H7NO2S2.Zn/c2*10-7(11)8(12)9-5-3-1-2-4-6(5)13-8;/h2*1-4,9,12H,(H,10,11);/q;;+2/p-2. The molecular formula is C16H12N2O4S4Zn. The third kappa shape index (κ3) is 4.71. The van der Waals surface area contributed by atoms with Crippen LogP contribution in [0.2, 0.25) is 0 Å². The van der Waals surface area contributed by atoms with Gasteiger partial charge in [-0.3, -0.25) is 0 Å². The van der Waals surface area contributed by atoms with Crippen molar-refractivity contribution in [3.05, 3.63) is 48.5 Å². The number of thioether (sulfide) groups is 2. The average Bonchev–Trinajstić information content (AvgIpc) is 3.12. The predicted molar refractivity (Wildman–Crippen MR) is 105 cm³/mol. The molecule has 0 saturated carbocycles. The van der Waals surface area contributed by atoms with Crippen LogP contribution < -0.4 is 20.8 Å². The number of hydrogen-bond acceptors (Lipinski definition) is 10. The monoisotopic (exact) mass is 488 g/mol. The molecule has 136 valence electrons. The number of rotatable bonds is 2. The van der Waals surface area contributed by atoms with E-state index in [2.05, 4.69) is 35.9 Å². The summed E-state index contributed by atoms with van der Waals surface area (Å²) in [5, 5.41) is 27.0. The summed E-state index contributed by atoms with van der Waals surface area (Å²) in [6.45, 7) is 0. The summed E-state index contributed by atoms with van der Waals surface area (Å²) in [7, 11) is 0. The molecule has 2 aromatic rings. The van der Waals surface area contributed by atoms with Gasteiger partial charge in [0.05, 0.1) is 11.9 Å². The molecule has 4 rings (SSSR count). The molecule has 0 aliphatic carbocycles. The van der Waals surface area contributed by atoms with Gasteiger partial charge in [0.2, 0.25) is 0 Å². The van der Waals surface area contributed by atoms with Crippen LogP contribution in [-0.4, -0.2) is 20.3 Å². The van der Waals surface area contributed by atoms with Crippen molar-refractivity contribution in [2.75, 3.05) is 10.6 Å². The van der Waals surface area contributed by atoms with E-state index in [1.807, 2.05) is 48.5 Å². The Morgan fingerprint density at radius 1 is 0.778 bits per heavy atom. The number of benzene rings is 2. The topological polar surface area (TPSA) is 104 Å². The first kappa shape index (κ1) is 22.3. The molecule has 2 N–H and O–H groups in total. The number of para-hydroxylation sites is 2. The van der Waals surface area contributed by atoms with Crippen molar-refractivity contribution in [3.8, 4) is 0 Å². The van der Waals surface area contributed by atoms with E-state index in [1.54, 1.807) is 0 Å². The molecule has 11 heteroatoms. The second kappa shape index (κ2) is 8.57. The SMILES string of the molecule is O=C([O-])C1(S)Nc2ccccc2S1.O=C([O-])C1(S)Nc2ccccc2S1.[Zn+2]. The number of carboxylic acid groups (broad SMARTS) is 2. The Morgan fingerprint density at radius 3 is 1.41 bits per heavy atom. The fraction of sp³-hybridized carbons (Fsp3) is 0.125. The van der Waals surface area contributed by atoms with Gasteiger partial charge in [0.25, 0.3) is 0 Å². The number of fused-ring (bicyclic) bond motifs is 2. The van der Waals surface area contributed by atoms with E-state index in [4.69, 9.17) is 0 Å². The summed E-state index contributed by atoms with van der Waals surface area (Å²) in [4.78, 5) is 23.2. The third-order valence-corrected chi connectivity index (χ3v) is 6.87. The van der Waals surface area contributed by atoms with Gasteiger partial charge in [0.15, 0.2) is 8.41 Å². The van der Waals surface area contributed by atoms with Crippen molar-refractivity contribution in [1.82, 2.24) is 0 Å². The number of aliphatic carboxylic acids is 2. The van der Waals surface area contributed by atoms with Crippen molar-refractivity contribution in [3.63, 3.8) is 0 Å². The second-order valence-electron chi connectivity index (χ2n) is 5.31. The van der Waals surface area contributed by atoms with Gasteiger partial charge in [-0.2, -0.15) is 0 Å². The summed E-state index contributed by atoms with van der Waals surface area (Å²) in [6, 6.07) is 14.7. The molecule has 27 heavy (non-hydrogen) atoms. The zero-order valence-electron chi connectivity index (χ0n) is 13.7. The normalized spacial score (nSPS) is 24.1. The zero-order chi connectivity index (χ0) is 18.9. The van der Waals surface area contributed by atoms with E-state index in [1.165, 1.54) is 0 Å². The fourth-order valence-corrected chi connectivity index (χ4v) is 4.95. The van der Waals surface area contributed by atoms with E-state index in [0.29, 0.717) is 0 Å². The Labute approximate surface area is 187 Å². The number of carbonyl (C=O) groups excluding carboxylic acids is 2. The van der Waals surface area contributed by atoms with Gasteiger partial charge >= 0.3 is 19.5 Å². The van der Waals surface area contributed by atoms with Crippen LogP contribution in [0.5, 0.6) is 0 Å². The Bertz CT molecular complexity index is 762. The van der Waals surface area contributed by atoms with E-state index in [-0.39, 0.29) is 19.5 Å². The van der Waals surface area contributed by atoms with Gasteiger partial charge in [-0.1, -0.05) is 47.8 Å². The Balaban J connectivity index is 0.000000187. The van der Waals surface area contributed by atoms with Crippen molar-refractivity contribution in [1.29, 1.82) is 0 Å². The van der Waals surface area contributed by atoms with Gasteiger partial charge < -0.3 is 30.4 Å². The first-order valence-corrected chi connectivity index (χ1v) is 9.76. The average molecular weight is 490 g/mol. The number of nitrogens with one attached hydrogen (secondary N) is 2. The maximum Gasteiger partial charge on any atom is 2.00 e. The van der Waals surface area contributed by atoms with Crippen LogP contribution in [0, 0.1) is 0 Å².